The maximum absolute atomic E-state index is 11.5. The highest BCUT2D eigenvalue weighted by Crippen LogP contribution is 2.13. The highest BCUT2D eigenvalue weighted by Gasteiger charge is 2.29. The van der Waals surface area contributed by atoms with E-state index in [0.717, 1.165) is 0 Å². The molecule has 1 N–H and O–H groups in total. The molecule has 14 heavy (non-hydrogen) atoms. The molecule has 1 aliphatic rings. The molecule has 1 saturated heterocycles. The van der Waals surface area contributed by atoms with E-state index in [1.54, 1.807) is 0 Å². The molecule has 4 nitrogen and oxygen atoms in total. The fourth-order valence-corrected chi connectivity index (χ4v) is 1.66. The Morgan fingerprint density at radius 2 is 2.29 bits per heavy atom. The largest absolute Gasteiger partial charge is 0.380 e. The summed E-state index contributed by atoms with van der Waals surface area (Å²) in [7, 11) is 0. The summed E-state index contributed by atoms with van der Waals surface area (Å²) in [5.74, 6) is 0.619. The van der Waals surface area contributed by atoms with Gasteiger partial charge >= 0.3 is 0 Å². The third kappa shape index (κ3) is 2.69. The Hall–Kier alpha value is -0.610. The lowest BCUT2D eigenvalue weighted by molar-refractivity contribution is -0.130. The minimum Gasteiger partial charge on any atom is -0.380 e. The van der Waals surface area contributed by atoms with Crippen LogP contribution in [0.5, 0.6) is 0 Å². The molecule has 0 saturated carbocycles. The van der Waals surface area contributed by atoms with Crippen molar-refractivity contribution in [3.8, 4) is 0 Å². The van der Waals surface area contributed by atoms with Gasteiger partial charge in [0, 0.05) is 6.61 Å². The lowest BCUT2D eigenvalue weighted by Crippen LogP contribution is -2.43. The zero-order chi connectivity index (χ0) is 10.6. The van der Waals surface area contributed by atoms with E-state index < -0.39 is 0 Å². The van der Waals surface area contributed by atoms with Crippen LogP contribution < -0.4 is 5.32 Å². The molecule has 1 atom stereocenters. The summed E-state index contributed by atoms with van der Waals surface area (Å²) in [4.78, 5) is 13.4. The number of nitrogens with one attached hydrogen (secondary N) is 1. The summed E-state index contributed by atoms with van der Waals surface area (Å²) in [6.07, 6.45) is 0. The molecule has 0 aliphatic carbocycles. The number of rotatable bonds is 5. The van der Waals surface area contributed by atoms with Gasteiger partial charge in [-0.25, -0.2) is 0 Å². The normalized spacial score (nSPS) is 19.4. The van der Waals surface area contributed by atoms with Crippen molar-refractivity contribution in [3.63, 3.8) is 0 Å². The van der Waals surface area contributed by atoms with Crippen molar-refractivity contribution in [2.75, 3.05) is 26.4 Å². The topological polar surface area (TPSA) is 41.6 Å². The molecule has 1 amide bonds. The Labute approximate surface area is 85.6 Å². The number of amides is 1. The molecule has 0 aromatic heterocycles. The van der Waals surface area contributed by atoms with Crippen LogP contribution in [0, 0.1) is 5.92 Å². The van der Waals surface area contributed by atoms with Crippen LogP contribution >= 0.6 is 0 Å². The van der Waals surface area contributed by atoms with Gasteiger partial charge in [-0.05, 0) is 12.8 Å². The lowest BCUT2D eigenvalue weighted by Gasteiger charge is -2.30. The van der Waals surface area contributed by atoms with Gasteiger partial charge in [0.05, 0.1) is 25.9 Å². The monoisotopic (exact) mass is 200 g/mol. The fourth-order valence-electron chi connectivity index (χ4n) is 1.66. The summed E-state index contributed by atoms with van der Waals surface area (Å²) >= 11 is 0. The van der Waals surface area contributed by atoms with Crippen molar-refractivity contribution >= 4 is 5.91 Å². The van der Waals surface area contributed by atoms with E-state index in [9.17, 15) is 4.79 Å². The number of hydrogen-bond acceptors (Lipinski definition) is 3. The average Bonchev–Trinajstić information content (AvgIpc) is 2.52. The van der Waals surface area contributed by atoms with Gasteiger partial charge in [0.15, 0.2) is 0 Å². The van der Waals surface area contributed by atoms with E-state index in [1.807, 2.05) is 11.8 Å². The predicted octanol–water partition coefficient (Wildman–Crippen LogP) is 0.437. The number of carbonyl (C=O) groups excluding carboxylic acids is 1. The van der Waals surface area contributed by atoms with Gasteiger partial charge in [-0.1, -0.05) is 13.8 Å². The Kier molecular flexibility index (Phi) is 4.35. The van der Waals surface area contributed by atoms with E-state index >= 15 is 0 Å². The zero-order valence-corrected chi connectivity index (χ0v) is 9.25. The van der Waals surface area contributed by atoms with Crippen LogP contribution in [0.3, 0.4) is 0 Å². The number of carbonyl (C=O) groups is 1. The first-order valence-electron chi connectivity index (χ1n) is 5.24. The first-order valence-corrected chi connectivity index (χ1v) is 5.24. The molecule has 0 spiro atoms. The molecule has 0 aromatic rings. The molecule has 1 heterocycles. The summed E-state index contributed by atoms with van der Waals surface area (Å²) in [5.41, 5.74) is 0. The smallest absolute Gasteiger partial charge is 0.237 e. The Bertz CT molecular complexity index is 195. The second-order valence-corrected chi connectivity index (χ2v) is 3.92. The van der Waals surface area contributed by atoms with Crippen LogP contribution in [-0.2, 0) is 9.53 Å². The third-order valence-corrected chi connectivity index (χ3v) is 2.54. The molecule has 1 fully saturated rings. The van der Waals surface area contributed by atoms with Crippen LogP contribution in [0.4, 0.5) is 0 Å². The van der Waals surface area contributed by atoms with E-state index in [1.165, 1.54) is 0 Å². The van der Waals surface area contributed by atoms with E-state index in [0.29, 0.717) is 32.3 Å². The molecule has 82 valence electrons. The average molecular weight is 200 g/mol. The molecule has 1 aliphatic heterocycles. The Morgan fingerprint density at radius 1 is 1.57 bits per heavy atom. The van der Waals surface area contributed by atoms with Crippen molar-refractivity contribution in [1.82, 2.24) is 10.2 Å². The van der Waals surface area contributed by atoms with E-state index in [2.05, 4.69) is 19.2 Å². The van der Waals surface area contributed by atoms with Crippen molar-refractivity contribution in [3.05, 3.63) is 0 Å². The van der Waals surface area contributed by atoms with Crippen molar-refractivity contribution in [2.45, 2.75) is 26.8 Å². The fraction of sp³-hybridized carbons (Fsp3) is 0.900. The van der Waals surface area contributed by atoms with Gasteiger partial charge < -0.3 is 9.64 Å². The van der Waals surface area contributed by atoms with Crippen molar-refractivity contribution in [1.29, 1.82) is 0 Å². The van der Waals surface area contributed by atoms with Crippen LogP contribution in [-0.4, -0.2) is 43.3 Å². The van der Waals surface area contributed by atoms with Crippen LogP contribution in [0.25, 0.3) is 0 Å². The maximum Gasteiger partial charge on any atom is 0.237 e. The van der Waals surface area contributed by atoms with Gasteiger partial charge in [0.1, 0.15) is 0 Å². The number of hydrogen-bond donors (Lipinski definition) is 1. The second-order valence-electron chi connectivity index (χ2n) is 3.92. The van der Waals surface area contributed by atoms with Crippen LogP contribution in [0.1, 0.15) is 20.8 Å². The zero-order valence-electron chi connectivity index (χ0n) is 9.25. The van der Waals surface area contributed by atoms with Crippen LogP contribution in [0.15, 0.2) is 0 Å². The van der Waals surface area contributed by atoms with Crippen molar-refractivity contribution in [2.24, 2.45) is 5.92 Å². The predicted molar refractivity (Wildman–Crippen MR) is 54.8 cm³/mol. The summed E-state index contributed by atoms with van der Waals surface area (Å²) in [5, 5.41) is 3.05. The molecular weight excluding hydrogens is 180 g/mol. The highest BCUT2D eigenvalue weighted by atomic mass is 16.5. The molecule has 1 rings (SSSR count). The molecule has 0 radical (unpaired) electrons. The standard InChI is InChI=1S/C10H20N2O2/c1-4-14-6-9(8(2)3)12-7-11-5-10(12)13/h8-9,11H,4-7H2,1-3H3. The van der Waals surface area contributed by atoms with Gasteiger partial charge in [0.25, 0.3) is 0 Å². The van der Waals surface area contributed by atoms with Gasteiger partial charge in [-0.15, -0.1) is 0 Å². The van der Waals surface area contributed by atoms with Gasteiger partial charge in [-0.3, -0.25) is 10.1 Å². The molecule has 0 bridgehead atoms. The Morgan fingerprint density at radius 3 is 2.71 bits per heavy atom. The first kappa shape index (κ1) is 11.5. The molecule has 0 aromatic carbocycles. The van der Waals surface area contributed by atoms with Gasteiger partial charge in [0.2, 0.25) is 5.91 Å². The number of nitrogens with zero attached hydrogens (tertiary/aromatic N) is 1. The van der Waals surface area contributed by atoms with Gasteiger partial charge in [-0.2, -0.15) is 0 Å². The Balaban J connectivity index is 2.52. The maximum atomic E-state index is 11.5. The second kappa shape index (κ2) is 5.32. The number of ether oxygens (including phenoxy) is 1. The lowest BCUT2D eigenvalue weighted by atomic mass is 10.0. The molecular formula is C10H20N2O2. The summed E-state index contributed by atoms with van der Waals surface area (Å²) < 4.78 is 5.40. The minimum absolute atomic E-state index is 0.184. The SMILES string of the molecule is CCOCC(C(C)C)N1CNCC1=O. The van der Waals surface area contributed by atoms with Crippen molar-refractivity contribution < 1.29 is 9.53 Å². The summed E-state index contributed by atoms with van der Waals surface area (Å²) in [6.45, 7) is 8.69. The molecule has 1 unspecified atom stereocenters. The summed E-state index contributed by atoms with van der Waals surface area (Å²) in [6, 6.07) is 0.206. The van der Waals surface area contributed by atoms with E-state index in [4.69, 9.17) is 4.74 Å². The van der Waals surface area contributed by atoms with E-state index in [-0.39, 0.29) is 11.9 Å². The van der Waals surface area contributed by atoms with Crippen LogP contribution in [0.2, 0.25) is 0 Å². The first-order chi connectivity index (χ1) is 6.66. The third-order valence-electron chi connectivity index (χ3n) is 2.54. The molecule has 4 heteroatoms. The highest BCUT2D eigenvalue weighted by molar-refractivity contribution is 5.80. The minimum atomic E-state index is 0.184. The quantitative estimate of drug-likeness (QED) is 0.700.